The van der Waals surface area contributed by atoms with Crippen molar-refractivity contribution < 1.29 is 28.6 Å². The molecule has 26 heavy (non-hydrogen) atoms. The molecule has 134 valence electrons. The van der Waals surface area contributed by atoms with E-state index < -0.39 is 11.1 Å². The molecule has 0 saturated carbocycles. The van der Waals surface area contributed by atoms with Crippen molar-refractivity contribution in [2.24, 2.45) is 0 Å². The fourth-order valence-electron chi connectivity index (χ4n) is 2.23. The largest absolute Gasteiger partial charge is 0.505 e. The molecule has 0 aliphatic carbocycles. The van der Waals surface area contributed by atoms with Crippen LogP contribution >= 0.6 is 11.8 Å². The van der Waals surface area contributed by atoms with E-state index in [0.29, 0.717) is 27.7 Å². The molecule has 7 nitrogen and oxygen atoms in total. The first-order valence-electron chi connectivity index (χ1n) is 7.49. The molecule has 2 heterocycles. The Balaban J connectivity index is 1.74. The van der Waals surface area contributed by atoms with Gasteiger partial charge in [0.05, 0.1) is 12.0 Å². The molecule has 2 amide bonds. The van der Waals surface area contributed by atoms with E-state index in [-0.39, 0.29) is 18.1 Å². The van der Waals surface area contributed by atoms with Crippen LogP contribution < -0.4 is 14.8 Å². The number of furan rings is 1. The van der Waals surface area contributed by atoms with Crippen LogP contribution in [0.5, 0.6) is 11.5 Å². The van der Waals surface area contributed by atoms with Gasteiger partial charge in [-0.05, 0) is 47.7 Å². The van der Waals surface area contributed by atoms with E-state index in [4.69, 9.17) is 13.9 Å². The van der Waals surface area contributed by atoms with Crippen LogP contribution in [0.25, 0.3) is 11.8 Å². The number of aliphatic hydroxyl groups excluding tert-OH is 1. The number of benzene rings is 1. The third kappa shape index (κ3) is 3.92. The number of hydrogen-bond acceptors (Lipinski definition) is 7. The summed E-state index contributed by atoms with van der Waals surface area (Å²) in [5.41, 5.74) is 0.693. The summed E-state index contributed by atoms with van der Waals surface area (Å²) in [5.74, 6) is 1.17. The summed E-state index contributed by atoms with van der Waals surface area (Å²) >= 11 is 0.848. The van der Waals surface area contributed by atoms with Gasteiger partial charge in [-0.1, -0.05) is 12.6 Å². The second-order valence-corrected chi connectivity index (χ2v) is 6.28. The maximum absolute atomic E-state index is 11.6. The smallest absolute Gasteiger partial charge is 0.290 e. The molecule has 0 spiro atoms. The first-order valence-corrected chi connectivity index (χ1v) is 8.30. The molecule has 1 aliphatic rings. The topological polar surface area (TPSA) is 98.0 Å². The first kappa shape index (κ1) is 17.7. The number of carbonyl (C=O) groups excluding carboxylic acids is 2. The summed E-state index contributed by atoms with van der Waals surface area (Å²) in [6.07, 6.45) is 1.60. The molecule has 8 heteroatoms. The van der Waals surface area contributed by atoms with Crippen LogP contribution in [0.3, 0.4) is 0 Å². The molecule has 1 aromatic carbocycles. The van der Waals surface area contributed by atoms with Gasteiger partial charge in [-0.3, -0.25) is 14.9 Å². The van der Waals surface area contributed by atoms with Crippen molar-refractivity contribution >= 4 is 34.7 Å². The van der Waals surface area contributed by atoms with Crippen LogP contribution in [0.1, 0.15) is 17.1 Å². The molecule has 1 fully saturated rings. The summed E-state index contributed by atoms with van der Waals surface area (Å²) in [5, 5.41) is 11.1. The van der Waals surface area contributed by atoms with E-state index in [1.54, 1.807) is 36.4 Å². The van der Waals surface area contributed by atoms with Crippen molar-refractivity contribution in [2.75, 3.05) is 7.11 Å². The van der Waals surface area contributed by atoms with Crippen molar-refractivity contribution in [3.63, 3.8) is 0 Å². The van der Waals surface area contributed by atoms with Crippen LogP contribution in [0, 0.1) is 0 Å². The summed E-state index contributed by atoms with van der Waals surface area (Å²) in [7, 11) is 1.50. The Bertz CT molecular complexity index is 914. The van der Waals surface area contributed by atoms with E-state index in [2.05, 4.69) is 11.9 Å². The second kappa shape index (κ2) is 7.40. The fourth-order valence-corrected chi connectivity index (χ4v) is 2.91. The number of imide groups is 1. The number of thioether (sulfide) groups is 1. The van der Waals surface area contributed by atoms with Gasteiger partial charge < -0.3 is 19.0 Å². The third-order valence-electron chi connectivity index (χ3n) is 3.44. The predicted octanol–water partition coefficient (Wildman–Crippen LogP) is 3.72. The van der Waals surface area contributed by atoms with Gasteiger partial charge in [0.1, 0.15) is 12.4 Å². The van der Waals surface area contributed by atoms with Crippen LogP contribution in [0.4, 0.5) is 4.79 Å². The number of carbonyl (C=O) groups is 2. The van der Waals surface area contributed by atoms with Crippen molar-refractivity contribution in [1.82, 2.24) is 5.32 Å². The highest BCUT2D eigenvalue weighted by Gasteiger charge is 2.25. The highest BCUT2D eigenvalue weighted by molar-refractivity contribution is 8.18. The minimum Gasteiger partial charge on any atom is -0.505 e. The maximum Gasteiger partial charge on any atom is 0.290 e. The molecule has 0 atom stereocenters. The number of hydrogen-bond donors (Lipinski definition) is 2. The molecular formula is C18H15NO6S. The average molecular weight is 373 g/mol. The van der Waals surface area contributed by atoms with Crippen LogP contribution in [-0.2, 0) is 11.4 Å². The van der Waals surface area contributed by atoms with E-state index in [9.17, 15) is 14.7 Å². The van der Waals surface area contributed by atoms with Gasteiger partial charge in [0.25, 0.3) is 11.1 Å². The number of nitrogens with one attached hydrogen (secondary N) is 1. The molecule has 1 aromatic heterocycles. The number of methoxy groups -OCH3 is 1. The molecule has 0 bridgehead atoms. The second-order valence-electron chi connectivity index (χ2n) is 5.26. The van der Waals surface area contributed by atoms with Gasteiger partial charge in [-0.2, -0.15) is 0 Å². The van der Waals surface area contributed by atoms with Gasteiger partial charge in [-0.25, -0.2) is 0 Å². The lowest BCUT2D eigenvalue weighted by Gasteiger charge is -2.10. The fraction of sp³-hybridized carbons (Fsp3) is 0.111. The van der Waals surface area contributed by atoms with Gasteiger partial charge in [0, 0.05) is 0 Å². The van der Waals surface area contributed by atoms with E-state index >= 15 is 0 Å². The number of aliphatic hydroxyl groups is 1. The minimum absolute atomic E-state index is 0.136. The normalized spacial score (nSPS) is 15.2. The summed E-state index contributed by atoms with van der Waals surface area (Å²) in [6.45, 7) is 3.53. The first-order chi connectivity index (χ1) is 12.5. The van der Waals surface area contributed by atoms with Gasteiger partial charge in [0.15, 0.2) is 23.0 Å². The van der Waals surface area contributed by atoms with Crippen molar-refractivity contribution in [3.05, 3.63) is 58.9 Å². The highest BCUT2D eigenvalue weighted by Crippen LogP contribution is 2.32. The Morgan fingerprint density at radius 1 is 1.31 bits per heavy atom. The highest BCUT2D eigenvalue weighted by atomic mass is 32.2. The lowest BCUT2D eigenvalue weighted by Crippen LogP contribution is -2.17. The summed E-state index contributed by atoms with van der Waals surface area (Å²) < 4.78 is 16.4. The quantitative estimate of drug-likeness (QED) is 0.588. The summed E-state index contributed by atoms with van der Waals surface area (Å²) in [6, 6.07) is 8.40. The van der Waals surface area contributed by atoms with Crippen LogP contribution in [-0.4, -0.2) is 23.4 Å². The van der Waals surface area contributed by atoms with Crippen LogP contribution in [0.2, 0.25) is 0 Å². The maximum atomic E-state index is 11.6. The Kier molecular flexibility index (Phi) is 5.04. The van der Waals surface area contributed by atoms with Gasteiger partial charge in [0.2, 0.25) is 0 Å². The summed E-state index contributed by atoms with van der Waals surface area (Å²) in [4.78, 5) is 23.1. The Morgan fingerprint density at radius 2 is 2.12 bits per heavy atom. The lowest BCUT2D eigenvalue weighted by atomic mass is 10.2. The third-order valence-corrected chi connectivity index (χ3v) is 4.25. The zero-order valence-electron chi connectivity index (χ0n) is 13.8. The Hall–Kier alpha value is -3.13. The Morgan fingerprint density at radius 3 is 2.73 bits per heavy atom. The standard InChI is InChI=1S/C18H15NO6S/c1-10(20)13-6-4-12(25-13)9-24-14-5-3-11(7-15(14)23-2)8-16-17(21)19-18(22)26-16/h3-8,20H,1,9H2,2H3,(H,19,21,22)/b16-8+. The number of amides is 2. The van der Waals surface area contributed by atoms with Crippen molar-refractivity contribution in [2.45, 2.75) is 6.61 Å². The number of rotatable bonds is 6. The molecule has 3 rings (SSSR count). The zero-order valence-corrected chi connectivity index (χ0v) is 14.6. The molecular weight excluding hydrogens is 358 g/mol. The van der Waals surface area contributed by atoms with Crippen molar-refractivity contribution in [1.29, 1.82) is 0 Å². The molecule has 1 aliphatic heterocycles. The molecule has 2 N–H and O–H groups in total. The number of ether oxygens (including phenoxy) is 2. The molecule has 0 unspecified atom stereocenters. The van der Waals surface area contributed by atoms with Crippen molar-refractivity contribution in [3.8, 4) is 11.5 Å². The van der Waals surface area contributed by atoms with Gasteiger partial charge >= 0.3 is 0 Å². The minimum atomic E-state index is -0.418. The van der Waals surface area contributed by atoms with Crippen LogP contribution in [0.15, 0.2) is 46.2 Å². The van der Waals surface area contributed by atoms with E-state index in [0.717, 1.165) is 11.8 Å². The average Bonchev–Trinajstić information content (AvgIpc) is 3.20. The lowest BCUT2D eigenvalue weighted by molar-refractivity contribution is -0.115. The zero-order chi connectivity index (χ0) is 18.7. The molecule has 1 saturated heterocycles. The van der Waals surface area contributed by atoms with E-state index in [1.807, 2.05) is 0 Å². The van der Waals surface area contributed by atoms with Gasteiger partial charge in [-0.15, -0.1) is 0 Å². The SMILES string of the molecule is C=C(O)c1ccc(COc2ccc(/C=C3/SC(=O)NC3=O)cc2OC)o1. The predicted molar refractivity (Wildman–Crippen MR) is 96.8 cm³/mol. The van der Waals surface area contributed by atoms with E-state index in [1.165, 1.54) is 7.11 Å². The Labute approximate surface area is 153 Å². The monoisotopic (exact) mass is 373 g/mol. The molecule has 0 radical (unpaired) electrons. The molecule has 2 aromatic rings.